The zero-order chi connectivity index (χ0) is 18.8. The van der Waals surface area contributed by atoms with Crippen molar-refractivity contribution in [2.75, 3.05) is 23.4 Å². The van der Waals surface area contributed by atoms with Crippen molar-refractivity contribution in [1.82, 2.24) is 0 Å². The molecule has 3 aromatic carbocycles. The Morgan fingerprint density at radius 1 is 0.926 bits per heavy atom. The van der Waals surface area contributed by atoms with Gasteiger partial charge in [0.15, 0.2) is 0 Å². The summed E-state index contributed by atoms with van der Waals surface area (Å²) in [5.74, 6) is 0.0922. The van der Waals surface area contributed by atoms with Crippen molar-refractivity contribution in [3.05, 3.63) is 83.6 Å². The zero-order valence-corrected chi connectivity index (χ0v) is 15.9. The fourth-order valence-electron chi connectivity index (χ4n) is 4.71. The number of amides is 1. The molecule has 0 unspecified atom stereocenters. The molecule has 134 valence electrons. The van der Waals surface area contributed by atoms with E-state index in [9.17, 15) is 4.79 Å². The number of carbonyl (C=O) groups is 1. The van der Waals surface area contributed by atoms with Crippen LogP contribution in [0, 0.1) is 0 Å². The van der Waals surface area contributed by atoms with Crippen LogP contribution in [0.4, 0.5) is 11.4 Å². The SMILES string of the molecule is CN1/C(=C/CN2C(=O)c3cccc4cccc2c34)C(C)(C)c2ccccc21. The van der Waals surface area contributed by atoms with Crippen LogP contribution < -0.4 is 9.80 Å². The lowest BCUT2D eigenvalue weighted by Gasteiger charge is -2.25. The second-order valence-corrected chi connectivity index (χ2v) is 7.89. The van der Waals surface area contributed by atoms with Gasteiger partial charge in [-0.1, -0.05) is 56.3 Å². The summed E-state index contributed by atoms with van der Waals surface area (Å²) in [6.45, 7) is 5.08. The summed E-state index contributed by atoms with van der Waals surface area (Å²) in [4.78, 5) is 17.2. The standard InChI is InChI=1S/C24H22N2O/c1-24(2)18-11-4-5-12-19(18)25(3)21(24)14-15-26-20-13-7-9-16-8-6-10-17(22(16)20)23(26)27/h4-14H,15H2,1-3H3/b21-14+. The van der Waals surface area contributed by atoms with Crippen molar-refractivity contribution in [1.29, 1.82) is 0 Å². The smallest absolute Gasteiger partial charge is 0.259 e. The van der Waals surface area contributed by atoms with Gasteiger partial charge in [-0.15, -0.1) is 0 Å². The van der Waals surface area contributed by atoms with E-state index in [4.69, 9.17) is 0 Å². The molecule has 3 aromatic rings. The molecule has 0 saturated heterocycles. The van der Waals surface area contributed by atoms with Gasteiger partial charge in [0.25, 0.3) is 5.91 Å². The average molecular weight is 354 g/mol. The average Bonchev–Trinajstić information content (AvgIpc) is 3.05. The third-order valence-corrected chi connectivity index (χ3v) is 6.06. The van der Waals surface area contributed by atoms with E-state index in [1.165, 1.54) is 16.9 Å². The Kier molecular flexibility index (Phi) is 3.26. The van der Waals surface area contributed by atoms with E-state index in [0.29, 0.717) is 6.54 Å². The molecule has 2 heterocycles. The highest BCUT2D eigenvalue weighted by Gasteiger charge is 2.38. The molecule has 0 radical (unpaired) electrons. The summed E-state index contributed by atoms with van der Waals surface area (Å²) in [6, 6.07) is 20.7. The maximum absolute atomic E-state index is 13.0. The molecule has 0 atom stereocenters. The predicted octanol–water partition coefficient (Wildman–Crippen LogP) is 5.11. The van der Waals surface area contributed by atoms with Gasteiger partial charge >= 0.3 is 0 Å². The van der Waals surface area contributed by atoms with Gasteiger partial charge in [-0.3, -0.25) is 4.79 Å². The maximum atomic E-state index is 13.0. The number of likely N-dealkylation sites (N-methyl/N-ethyl adjacent to an activating group) is 1. The monoisotopic (exact) mass is 354 g/mol. The van der Waals surface area contributed by atoms with E-state index in [-0.39, 0.29) is 11.3 Å². The van der Waals surface area contributed by atoms with Gasteiger partial charge in [-0.2, -0.15) is 0 Å². The molecule has 0 aromatic heterocycles. The van der Waals surface area contributed by atoms with E-state index in [2.05, 4.69) is 68.3 Å². The van der Waals surface area contributed by atoms with Crippen LogP contribution in [0.15, 0.2) is 72.4 Å². The summed E-state index contributed by atoms with van der Waals surface area (Å²) in [5.41, 5.74) is 5.56. The van der Waals surface area contributed by atoms with Gasteiger partial charge in [0.2, 0.25) is 0 Å². The summed E-state index contributed by atoms with van der Waals surface area (Å²) in [5, 5.41) is 2.20. The molecule has 0 bridgehead atoms. The van der Waals surface area contributed by atoms with Gasteiger partial charge < -0.3 is 9.80 Å². The van der Waals surface area contributed by atoms with Gasteiger partial charge in [-0.05, 0) is 35.2 Å². The van der Waals surface area contributed by atoms with Crippen molar-refractivity contribution in [2.45, 2.75) is 19.3 Å². The van der Waals surface area contributed by atoms with Gasteiger partial charge in [-0.25, -0.2) is 0 Å². The van der Waals surface area contributed by atoms with Crippen LogP contribution in [0.3, 0.4) is 0 Å². The first kappa shape index (κ1) is 16.1. The first-order chi connectivity index (χ1) is 13.0. The Balaban J connectivity index is 1.55. The van der Waals surface area contributed by atoms with Crippen LogP contribution in [-0.2, 0) is 5.41 Å². The molecule has 0 spiro atoms. The Hall–Kier alpha value is -3.07. The highest BCUT2D eigenvalue weighted by Crippen LogP contribution is 2.46. The van der Waals surface area contributed by atoms with Crippen molar-refractivity contribution < 1.29 is 4.79 Å². The summed E-state index contributed by atoms with van der Waals surface area (Å²) in [7, 11) is 2.11. The minimum atomic E-state index is -0.0764. The summed E-state index contributed by atoms with van der Waals surface area (Å²) < 4.78 is 0. The van der Waals surface area contributed by atoms with E-state index in [1.54, 1.807) is 0 Å². The van der Waals surface area contributed by atoms with Crippen LogP contribution in [0.2, 0.25) is 0 Å². The van der Waals surface area contributed by atoms with E-state index in [0.717, 1.165) is 22.0 Å². The fourth-order valence-corrected chi connectivity index (χ4v) is 4.71. The van der Waals surface area contributed by atoms with Crippen LogP contribution in [0.1, 0.15) is 29.8 Å². The molecule has 3 heteroatoms. The zero-order valence-electron chi connectivity index (χ0n) is 15.9. The molecule has 3 nitrogen and oxygen atoms in total. The Morgan fingerprint density at radius 3 is 2.41 bits per heavy atom. The fraction of sp³-hybridized carbons (Fsp3) is 0.208. The minimum Gasteiger partial charge on any atom is -0.347 e. The van der Waals surface area contributed by atoms with Crippen LogP contribution >= 0.6 is 0 Å². The number of hydrogen-bond acceptors (Lipinski definition) is 2. The predicted molar refractivity (Wildman–Crippen MR) is 112 cm³/mol. The van der Waals surface area contributed by atoms with Crippen molar-refractivity contribution in [3.8, 4) is 0 Å². The van der Waals surface area contributed by atoms with Crippen molar-refractivity contribution in [2.24, 2.45) is 0 Å². The molecule has 2 aliphatic rings. The molecule has 0 fully saturated rings. The van der Waals surface area contributed by atoms with E-state index in [1.807, 2.05) is 29.2 Å². The highest BCUT2D eigenvalue weighted by molar-refractivity contribution is 6.25. The number of nitrogens with zero attached hydrogens (tertiary/aromatic N) is 2. The van der Waals surface area contributed by atoms with Crippen LogP contribution in [-0.4, -0.2) is 19.5 Å². The number of fused-ring (bicyclic) bond motifs is 1. The number of carbonyl (C=O) groups excluding carboxylic acids is 1. The summed E-state index contributed by atoms with van der Waals surface area (Å²) in [6.07, 6.45) is 2.21. The first-order valence-corrected chi connectivity index (χ1v) is 9.37. The number of anilines is 2. The van der Waals surface area contributed by atoms with E-state index < -0.39 is 0 Å². The normalized spacial score (nSPS) is 18.6. The van der Waals surface area contributed by atoms with Crippen molar-refractivity contribution in [3.63, 3.8) is 0 Å². The molecular weight excluding hydrogens is 332 g/mol. The second kappa shape index (κ2) is 5.46. The minimum absolute atomic E-state index is 0.0764. The van der Waals surface area contributed by atoms with Crippen LogP contribution in [0.5, 0.6) is 0 Å². The van der Waals surface area contributed by atoms with Crippen LogP contribution in [0.25, 0.3) is 10.8 Å². The number of hydrogen-bond donors (Lipinski definition) is 0. The van der Waals surface area contributed by atoms with Crippen molar-refractivity contribution >= 4 is 28.1 Å². The number of allylic oxidation sites excluding steroid dienone is 1. The number of para-hydroxylation sites is 1. The third-order valence-electron chi connectivity index (χ3n) is 6.06. The highest BCUT2D eigenvalue weighted by atomic mass is 16.2. The Labute approximate surface area is 159 Å². The largest absolute Gasteiger partial charge is 0.347 e. The first-order valence-electron chi connectivity index (χ1n) is 9.37. The third kappa shape index (κ3) is 2.11. The Morgan fingerprint density at radius 2 is 1.63 bits per heavy atom. The van der Waals surface area contributed by atoms with E-state index >= 15 is 0 Å². The maximum Gasteiger partial charge on any atom is 0.259 e. The quantitative estimate of drug-likeness (QED) is 0.638. The topological polar surface area (TPSA) is 23.6 Å². The Bertz CT molecular complexity index is 1120. The lowest BCUT2D eigenvalue weighted by Crippen LogP contribution is -2.29. The number of rotatable bonds is 2. The molecule has 5 rings (SSSR count). The van der Waals surface area contributed by atoms with Gasteiger partial charge in [0.1, 0.15) is 0 Å². The molecule has 1 amide bonds. The van der Waals surface area contributed by atoms with Gasteiger partial charge in [0, 0.05) is 41.3 Å². The molecular formula is C24H22N2O. The molecule has 0 aliphatic carbocycles. The second-order valence-electron chi connectivity index (χ2n) is 7.89. The lowest BCUT2D eigenvalue weighted by molar-refractivity contribution is 0.0996. The lowest BCUT2D eigenvalue weighted by atomic mass is 9.84. The van der Waals surface area contributed by atoms with Gasteiger partial charge in [0.05, 0.1) is 5.69 Å². The molecule has 0 N–H and O–H groups in total. The molecule has 27 heavy (non-hydrogen) atoms. The molecule has 0 saturated carbocycles. The summed E-state index contributed by atoms with van der Waals surface area (Å²) >= 11 is 0. The molecule has 2 aliphatic heterocycles. The number of benzene rings is 3.